The molecular weight excluding hydrogens is 413 g/mol. The summed E-state index contributed by atoms with van der Waals surface area (Å²) in [5, 5.41) is 13.9. The van der Waals surface area contributed by atoms with Crippen molar-refractivity contribution < 1.29 is 14.7 Å². The van der Waals surface area contributed by atoms with Gasteiger partial charge < -0.3 is 15.3 Å². The van der Waals surface area contributed by atoms with Crippen LogP contribution in [0.1, 0.15) is 29.3 Å². The van der Waals surface area contributed by atoms with Crippen molar-refractivity contribution >= 4 is 40.7 Å². The summed E-state index contributed by atoms with van der Waals surface area (Å²) in [6.45, 7) is 4.83. The van der Waals surface area contributed by atoms with Crippen LogP contribution in [0.5, 0.6) is 5.75 Å². The third-order valence-corrected chi connectivity index (χ3v) is 5.77. The SMILES string of the molecule is CCC(=O)Nc1ccc(O)c(C(=O)N2CCN(Cc3cccc(Cl)c3Cl)CC2)c1. The van der Waals surface area contributed by atoms with Crippen LogP contribution in [-0.4, -0.2) is 52.9 Å². The molecule has 0 atom stereocenters. The highest BCUT2D eigenvalue weighted by molar-refractivity contribution is 6.42. The minimum absolute atomic E-state index is 0.0994. The summed E-state index contributed by atoms with van der Waals surface area (Å²) in [7, 11) is 0. The second-order valence-electron chi connectivity index (χ2n) is 6.91. The van der Waals surface area contributed by atoms with E-state index in [9.17, 15) is 14.7 Å². The Morgan fingerprint density at radius 3 is 2.52 bits per heavy atom. The second-order valence-corrected chi connectivity index (χ2v) is 7.70. The zero-order chi connectivity index (χ0) is 21.0. The first-order chi connectivity index (χ1) is 13.9. The van der Waals surface area contributed by atoms with E-state index >= 15 is 0 Å². The lowest BCUT2D eigenvalue weighted by atomic mass is 10.1. The smallest absolute Gasteiger partial charge is 0.257 e. The summed E-state index contributed by atoms with van der Waals surface area (Å²) in [5.41, 5.74) is 1.63. The number of hydrogen-bond donors (Lipinski definition) is 2. The van der Waals surface area contributed by atoms with Crippen LogP contribution in [0.4, 0.5) is 5.69 Å². The number of anilines is 1. The number of halogens is 2. The van der Waals surface area contributed by atoms with Crippen molar-refractivity contribution in [2.24, 2.45) is 0 Å². The van der Waals surface area contributed by atoms with E-state index in [1.54, 1.807) is 24.0 Å². The third-order valence-electron chi connectivity index (χ3n) is 4.92. The lowest BCUT2D eigenvalue weighted by Crippen LogP contribution is -2.48. The van der Waals surface area contributed by atoms with Crippen molar-refractivity contribution in [1.82, 2.24) is 9.80 Å². The van der Waals surface area contributed by atoms with E-state index in [4.69, 9.17) is 23.2 Å². The number of carbonyl (C=O) groups excluding carboxylic acids is 2. The van der Waals surface area contributed by atoms with Gasteiger partial charge in [0.05, 0.1) is 15.6 Å². The molecule has 6 nitrogen and oxygen atoms in total. The van der Waals surface area contributed by atoms with Crippen LogP contribution >= 0.6 is 23.2 Å². The first kappa shape index (κ1) is 21.4. The van der Waals surface area contributed by atoms with Gasteiger partial charge in [0.25, 0.3) is 5.91 Å². The normalized spacial score (nSPS) is 14.7. The molecule has 0 spiro atoms. The Morgan fingerprint density at radius 2 is 1.83 bits per heavy atom. The Labute approximate surface area is 180 Å². The van der Waals surface area contributed by atoms with Crippen LogP contribution in [-0.2, 0) is 11.3 Å². The monoisotopic (exact) mass is 435 g/mol. The number of phenolic OH excluding ortho intramolecular Hbond substituents is 1. The lowest BCUT2D eigenvalue weighted by molar-refractivity contribution is -0.115. The minimum atomic E-state index is -0.254. The van der Waals surface area contributed by atoms with E-state index in [1.807, 2.05) is 12.1 Å². The molecule has 154 valence electrons. The Hall–Kier alpha value is -2.28. The summed E-state index contributed by atoms with van der Waals surface area (Å²) in [4.78, 5) is 28.4. The molecule has 1 aliphatic heterocycles. The zero-order valence-corrected chi connectivity index (χ0v) is 17.6. The summed E-state index contributed by atoms with van der Waals surface area (Å²) >= 11 is 12.3. The van der Waals surface area contributed by atoms with Crippen LogP contribution < -0.4 is 5.32 Å². The number of carbonyl (C=O) groups is 2. The van der Waals surface area contributed by atoms with Crippen LogP contribution in [0.15, 0.2) is 36.4 Å². The minimum Gasteiger partial charge on any atom is -0.507 e. The fourth-order valence-electron chi connectivity index (χ4n) is 3.23. The van der Waals surface area contributed by atoms with Gasteiger partial charge in [-0.1, -0.05) is 42.3 Å². The predicted molar refractivity (Wildman–Crippen MR) is 115 cm³/mol. The zero-order valence-electron chi connectivity index (χ0n) is 16.1. The summed E-state index contributed by atoms with van der Waals surface area (Å²) < 4.78 is 0. The van der Waals surface area contributed by atoms with Gasteiger partial charge in [0.1, 0.15) is 5.75 Å². The fourth-order valence-corrected chi connectivity index (χ4v) is 3.61. The first-order valence-electron chi connectivity index (χ1n) is 9.46. The molecule has 2 aromatic carbocycles. The average molecular weight is 436 g/mol. The molecule has 1 fully saturated rings. The maximum atomic E-state index is 12.9. The number of amides is 2. The standard InChI is InChI=1S/C21H23Cl2N3O3/c1-2-19(28)24-15-6-7-18(27)16(12-15)21(29)26-10-8-25(9-11-26)13-14-4-3-5-17(22)20(14)23/h3-7,12,27H,2,8-11,13H2,1H3,(H,24,28). The van der Waals surface area contributed by atoms with Gasteiger partial charge in [0.15, 0.2) is 0 Å². The topological polar surface area (TPSA) is 72.9 Å². The maximum Gasteiger partial charge on any atom is 0.257 e. The number of rotatable bonds is 5. The second kappa shape index (κ2) is 9.48. The summed E-state index contributed by atoms with van der Waals surface area (Å²) in [5.74, 6) is -0.504. The van der Waals surface area contributed by atoms with Gasteiger partial charge in [-0.2, -0.15) is 0 Å². The molecule has 3 rings (SSSR count). The molecule has 0 unspecified atom stereocenters. The molecule has 1 heterocycles. The maximum absolute atomic E-state index is 12.9. The van der Waals surface area contributed by atoms with Crippen molar-refractivity contribution in [2.75, 3.05) is 31.5 Å². The Balaban J connectivity index is 1.63. The molecule has 0 aliphatic carbocycles. The van der Waals surface area contributed by atoms with Crippen molar-refractivity contribution in [3.8, 4) is 5.75 Å². The number of nitrogens with one attached hydrogen (secondary N) is 1. The van der Waals surface area contributed by atoms with Crippen LogP contribution in [0, 0.1) is 0 Å². The lowest BCUT2D eigenvalue weighted by Gasteiger charge is -2.35. The van der Waals surface area contributed by atoms with E-state index in [0.29, 0.717) is 54.9 Å². The van der Waals surface area contributed by atoms with E-state index in [-0.39, 0.29) is 23.1 Å². The quantitative estimate of drug-likeness (QED) is 0.695. The van der Waals surface area contributed by atoms with Crippen molar-refractivity contribution in [3.63, 3.8) is 0 Å². The highest BCUT2D eigenvalue weighted by atomic mass is 35.5. The van der Waals surface area contributed by atoms with Crippen molar-refractivity contribution in [1.29, 1.82) is 0 Å². The van der Waals surface area contributed by atoms with E-state index in [1.165, 1.54) is 12.1 Å². The molecular formula is C21H23Cl2N3O3. The third kappa shape index (κ3) is 5.21. The van der Waals surface area contributed by atoms with Gasteiger partial charge in [-0.3, -0.25) is 14.5 Å². The van der Waals surface area contributed by atoms with Gasteiger partial charge in [-0.25, -0.2) is 0 Å². The highest BCUT2D eigenvalue weighted by Gasteiger charge is 2.25. The van der Waals surface area contributed by atoms with E-state index in [0.717, 1.165) is 5.56 Å². The molecule has 29 heavy (non-hydrogen) atoms. The number of phenols is 1. The van der Waals surface area contributed by atoms with Gasteiger partial charge in [0, 0.05) is 44.8 Å². The fraction of sp³-hybridized carbons (Fsp3) is 0.333. The number of nitrogens with zero attached hydrogens (tertiary/aromatic N) is 2. The number of piperazine rings is 1. The molecule has 0 bridgehead atoms. The average Bonchev–Trinajstić information content (AvgIpc) is 2.72. The number of aromatic hydroxyl groups is 1. The van der Waals surface area contributed by atoms with Gasteiger partial charge in [0.2, 0.25) is 5.91 Å². The van der Waals surface area contributed by atoms with E-state index in [2.05, 4.69) is 10.2 Å². The Bertz CT molecular complexity index is 912. The largest absolute Gasteiger partial charge is 0.507 e. The van der Waals surface area contributed by atoms with Gasteiger partial charge >= 0.3 is 0 Å². The molecule has 1 aliphatic rings. The Kier molecular flexibility index (Phi) is 7.00. The van der Waals surface area contributed by atoms with E-state index < -0.39 is 0 Å². The molecule has 2 amide bonds. The van der Waals surface area contributed by atoms with Crippen LogP contribution in [0.25, 0.3) is 0 Å². The summed E-state index contributed by atoms with van der Waals surface area (Å²) in [6, 6.07) is 10.1. The van der Waals surface area contributed by atoms with Crippen LogP contribution in [0.2, 0.25) is 10.0 Å². The highest BCUT2D eigenvalue weighted by Crippen LogP contribution is 2.27. The number of benzene rings is 2. The molecule has 2 aromatic rings. The molecule has 1 saturated heterocycles. The Morgan fingerprint density at radius 1 is 1.10 bits per heavy atom. The number of hydrogen-bond acceptors (Lipinski definition) is 4. The van der Waals surface area contributed by atoms with Crippen LogP contribution in [0.3, 0.4) is 0 Å². The molecule has 8 heteroatoms. The summed E-state index contributed by atoms with van der Waals surface area (Å²) in [6.07, 6.45) is 0.336. The van der Waals surface area contributed by atoms with Crippen molar-refractivity contribution in [3.05, 3.63) is 57.6 Å². The first-order valence-corrected chi connectivity index (χ1v) is 10.2. The van der Waals surface area contributed by atoms with Gasteiger partial charge in [-0.05, 0) is 29.8 Å². The molecule has 0 saturated carbocycles. The molecule has 2 N–H and O–H groups in total. The predicted octanol–water partition coefficient (Wildman–Crippen LogP) is 4.01. The van der Waals surface area contributed by atoms with Crippen molar-refractivity contribution in [2.45, 2.75) is 19.9 Å². The van der Waals surface area contributed by atoms with Gasteiger partial charge in [-0.15, -0.1) is 0 Å². The molecule has 0 radical (unpaired) electrons. The molecule has 0 aromatic heterocycles.